The number of amides is 2. The van der Waals surface area contributed by atoms with Crippen LogP contribution in [0.2, 0.25) is 10.0 Å². The zero-order valence-corrected chi connectivity index (χ0v) is 12.4. The Morgan fingerprint density at radius 1 is 1.37 bits per heavy atom. The minimum Gasteiger partial charge on any atom is -0.276 e. The summed E-state index contributed by atoms with van der Waals surface area (Å²) in [5, 5.41) is 0.218. The van der Waals surface area contributed by atoms with Gasteiger partial charge in [0.05, 0.1) is 6.54 Å². The van der Waals surface area contributed by atoms with Gasteiger partial charge >= 0.3 is 0 Å². The SMILES string of the molecule is C[C@H]1C(=O)N(Cc2ccc(Cl)cc2Cl)C(=O)C[S@@]1=O. The summed E-state index contributed by atoms with van der Waals surface area (Å²) < 4.78 is 11.5. The molecule has 7 heteroatoms. The highest BCUT2D eigenvalue weighted by Crippen LogP contribution is 2.24. The van der Waals surface area contributed by atoms with Gasteiger partial charge in [0.1, 0.15) is 11.0 Å². The summed E-state index contributed by atoms with van der Waals surface area (Å²) in [6, 6.07) is 4.86. The largest absolute Gasteiger partial charge is 0.276 e. The molecule has 19 heavy (non-hydrogen) atoms. The number of halogens is 2. The Kier molecular flexibility index (Phi) is 4.28. The topological polar surface area (TPSA) is 54.5 Å². The minimum absolute atomic E-state index is 0.0786. The van der Waals surface area contributed by atoms with Gasteiger partial charge in [0.25, 0.3) is 0 Å². The molecule has 2 amide bonds. The zero-order valence-electron chi connectivity index (χ0n) is 10.1. The van der Waals surface area contributed by atoms with Crippen molar-refractivity contribution < 1.29 is 13.8 Å². The molecule has 4 nitrogen and oxygen atoms in total. The van der Waals surface area contributed by atoms with E-state index in [2.05, 4.69) is 0 Å². The first-order valence-electron chi connectivity index (χ1n) is 5.55. The summed E-state index contributed by atoms with van der Waals surface area (Å²) in [6.07, 6.45) is 0. The summed E-state index contributed by atoms with van der Waals surface area (Å²) in [5.74, 6) is -0.994. The van der Waals surface area contributed by atoms with Crippen molar-refractivity contribution in [3.05, 3.63) is 33.8 Å². The van der Waals surface area contributed by atoms with Crippen LogP contribution in [0.1, 0.15) is 12.5 Å². The zero-order chi connectivity index (χ0) is 14.2. The minimum atomic E-state index is -1.43. The molecule has 1 aliphatic heterocycles. The van der Waals surface area contributed by atoms with Crippen LogP contribution in [0.3, 0.4) is 0 Å². The van der Waals surface area contributed by atoms with E-state index in [1.54, 1.807) is 25.1 Å². The number of carbonyl (C=O) groups excluding carboxylic acids is 2. The third kappa shape index (κ3) is 2.99. The highest BCUT2D eigenvalue weighted by molar-refractivity contribution is 7.87. The van der Waals surface area contributed by atoms with Crippen molar-refractivity contribution in [2.75, 3.05) is 5.75 Å². The molecular weight excluding hydrogens is 309 g/mol. The second kappa shape index (κ2) is 5.61. The van der Waals surface area contributed by atoms with E-state index in [1.807, 2.05) is 0 Å². The predicted molar refractivity (Wildman–Crippen MR) is 74.5 cm³/mol. The molecule has 2 atom stereocenters. The number of rotatable bonds is 2. The average Bonchev–Trinajstić information content (AvgIpc) is 2.34. The average molecular weight is 320 g/mol. The monoisotopic (exact) mass is 319 g/mol. The van der Waals surface area contributed by atoms with E-state index in [4.69, 9.17) is 23.2 Å². The van der Waals surface area contributed by atoms with Gasteiger partial charge in [-0.3, -0.25) is 18.7 Å². The fourth-order valence-corrected chi connectivity index (χ4v) is 3.24. The summed E-state index contributed by atoms with van der Waals surface area (Å²) in [6.45, 7) is 1.64. The number of hydrogen-bond donors (Lipinski definition) is 0. The lowest BCUT2D eigenvalue weighted by molar-refractivity contribution is -0.144. The van der Waals surface area contributed by atoms with Crippen LogP contribution < -0.4 is 0 Å². The standard InChI is InChI=1S/C12H11Cl2NO3S/c1-7-12(17)15(11(16)6-19(7)18)5-8-2-3-9(13)4-10(8)14/h2-4,7H,5-6H2,1H3/t7-,19-/m0/s1. The van der Waals surface area contributed by atoms with Crippen molar-refractivity contribution in [3.8, 4) is 0 Å². The van der Waals surface area contributed by atoms with Gasteiger partial charge in [-0.1, -0.05) is 29.3 Å². The molecule has 1 fully saturated rings. The van der Waals surface area contributed by atoms with Crippen molar-refractivity contribution >= 4 is 45.8 Å². The van der Waals surface area contributed by atoms with E-state index in [9.17, 15) is 13.8 Å². The molecule has 102 valence electrons. The van der Waals surface area contributed by atoms with Crippen molar-refractivity contribution in [3.63, 3.8) is 0 Å². The molecular formula is C12H11Cl2NO3S. The van der Waals surface area contributed by atoms with Gasteiger partial charge in [-0.25, -0.2) is 0 Å². The molecule has 0 aromatic heterocycles. The third-order valence-corrected chi connectivity index (χ3v) is 5.03. The van der Waals surface area contributed by atoms with Crippen molar-refractivity contribution in [2.45, 2.75) is 18.7 Å². The highest BCUT2D eigenvalue weighted by atomic mass is 35.5. The van der Waals surface area contributed by atoms with Gasteiger partial charge in [0.2, 0.25) is 11.8 Å². The molecule has 0 unspecified atom stereocenters. The Morgan fingerprint density at radius 3 is 2.68 bits per heavy atom. The van der Waals surface area contributed by atoms with E-state index < -0.39 is 27.9 Å². The summed E-state index contributed by atoms with van der Waals surface area (Å²) in [4.78, 5) is 24.9. The molecule has 2 rings (SSSR count). The fraction of sp³-hybridized carbons (Fsp3) is 0.333. The van der Waals surface area contributed by atoms with Crippen LogP contribution in [0, 0.1) is 0 Å². The highest BCUT2D eigenvalue weighted by Gasteiger charge is 2.36. The van der Waals surface area contributed by atoms with Crippen LogP contribution in [0.4, 0.5) is 0 Å². The Bertz CT molecular complexity index is 576. The van der Waals surface area contributed by atoms with Gasteiger partial charge in [-0.2, -0.15) is 0 Å². The van der Waals surface area contributed by atoms with E-state index in [1.165, 1.54) is 0 Å². The van der Waals surface area contributed by atoms with E-state index >= 15 is 0 Å². The Balaban J connectivity index is 2.24. The van der Waals surface area contributed by atoms with Crippen LogP contribution >= 0.6 is 23.2 Å². The number of hydrogen-bond acceptors (Lipinski definition) is 3. The predicted octanol–water partition coefficient (Wildman–Crippen LogP) is 2.00. The second-order valence-electron chi connectivity index (χ2n) is 4.22. The molecule has 0 radical (unpaired) electrons. The molecule has 0 saturated carbocycles. The van der Waals surface area contributed by atoms with Crippen LogP contribution in [-0.4, -0.2) is 31.9 Å². The maximum Gasteiger partial charge on any atom is 0.244 e. The molecule has 1 aromatic carbocycles. The van der Waals surface area contributed by atoms with Gasteiger partial charge in [-0.05, 0) is 24.6 Å². The van der Waals surface area contributed by atoms with E-state index in [0.29, 0.717) is 15.6 Å². The first-order chi connectivity index (χ1) is 8.90. The van der Waals surface area contributed by atoms with Crippen LogP contribution in [0.15, 0.2) is 18.2 Å². The summed E-state index contributed by atoms with van der Waals surface area (Å²) in [7, 11) is -1.43. The lowest BCUT2D eigenvalue weighted by Gasteiger charge is -2.28. The van der Waals surface area contributed by atoms with Crippen molar-refractivity contribution in [2.24, 2.45) is 0 Å². The fourth-order valence-electron chi connectivity index (χ4n) is 1.77. The van der Waals surface area contributed by atoms with Gasteiger partial charge < -0.3 is 0 Å². The quantitative estimate of drug-likeness (QED) is 0.783. The Hall–Kier alpha value is -0.910. The number of carbonyl (C=O) groups is 2. The normalized spacial score (nSPS) is 23.8. The third-order valence-electron chi connectivity index (χ3n) is 2.92. The molecule has 0 aliphatic carbocycles. The van der Waals surface area contributed by atoms with Gasteiger partial charge in [0, 0.05) is 20.8 Å². The molecule has 0 N–H and O–H groups in total. The van der Waals surface area contributed by atoms with E-state index in [-0.39, 0.29) is 12.3 Å². The number of imide groups is 1. The molecule has 1 saturated heterocycles. The van der Waals surface area contributed by atoms with Crippen LogP contribution in [-0.2, 0) is 26.9 Å². The lowest BCUT2D eigenvalue weighted by Crippen LogP contribution is -2.51. The first-order valence-corrected chi connectivity index (χ1v) is 7.69. The van der Waals surface area contributed by atoms with Crippen molar-refractivity contribution in [1.82, 2.24) is 4.90 Å². The molecule has 0 bridgehead atoms. The van der Waals surface area contributed by atoms with Crippen molar-refractivity contribution in [1.29, 1.82) is 0 Å². The van der Waals surface area contributed by atoms with Gasteiger partial charge in [0.15, 0.2) is 0 Å². The molecule has 1 aromatic rings. The van der Waals surface area contributed by atoms with E-state index in [0.717, 1.165) is 4.90 Å². The lowest BCUT2D eigenvalue weighted by atomic mass is 10.2. The summed E-state index contributed by atoms with van der Waals surface area (Å²) in [5.41, 5.74) is 0.632. The molecule has 1 heterocycles. The second-order valence-corrected chi connectivity index (χ2v) is 6.82. The number of nitrogens with zero attached hydrogens (tertiary/aromatic N) is 1. The number of benzene rings is 1. The van der Waals surface area contributed by atoms with Crippen LogP contribution in [0.25, 0.3) is 0 Å². The Labute approximate surface area is 123 Å². The molecule has 1 aliphatic rings. The van der Waals surface area contributed by atoms with Crippen LogP contribution in [0.5, 0.6) is 0 Å². The smallest absolute Gasteiger partial charge is 0.244 e. The maximum atomic E-state index is 12.0. The maximum absolute atomic E-state index is 12.0. The summed E-state index contributed by atoms with van der Waals surface area (Å²) >= 11 is 11.8. The first kappa shape index (κ1) is 14.5. The van der Waals surface area contributed by atoms with Gasteiger partial charge in [-0.15, -0.1) is 0 Å². The Morgan fingerprint density at radius 2 is 2.05 bits per heavy atom. The molecule has 0 spiro atoms.